The van der Waals surface area contributed by atoms with Crippen LogP contribution >= 0.6 is 15.9 Å². The number of hydrogen-bond acceptors (Lipinski definition) is 1. The Balaban J connectivity index is 2.52. The smallest absolute Gasteiger partial charge is 0.0378 e. The van der Waals surface area contributed by atoms with Crippen LogP contribution in [0.5, 0.6) is 0 Å². The number of halogens is 1. The van der Waals surface area contributed by atoms with Crippen LogP contribution in [0.1, 0.15) is 30.4 Å². The van der Waals surface area contributed by atoms with Gasteiger partial charge in [-0.15, -0.1) is 0 Å². The van der Waals surface area contributed by atoms with E-state index in [1.807, 2.05) is 0 Å². The molecule has 2 heteroatoms. The number of aryl methyl sites for hydroxylation is 1. The van der Waals surface area contributed by atoms with Gasteiger partial charge in [0.1, 0.15) is 0 Å². The summed E-state index contributed by atoms with van der Waals surface area (Å²) in [6.45, 7) is 5.53. The van der Waals surface area contributed by atoms with Gasteiger partial charge < -0.3 is 5.32 Å². The molecule has 0 saturated heterocycles. The third kappa shape index (κ3) is 1.60. The van der Waals surface area contributed by atoms with Crippen molar-refractivity contribution in [2.24, 2.45) is 0 Å². The summed E-state index contributed by atoms with van der Waals surface area (Å²) in [6, 6.07) is 4.48. The molecule has 0 bridgehead atoms. The Hall–Kier alpha value is -0.500. The first-order valence-electron chi connectivity index (χ1n) is 4.72. The fraction of sp³-hybridized carbons (Fsp3) is 0.455. The standard InChI is InChI=1S/C11H14BrN/c1-7-3-4-13-11-5-8(2)10(12)6-9(7)11/h5-7,13H,3-4H2,1-2H3/t7-/m1/s1. The van der Waals surface area contributed by atoms with E-state index in [4.69, 9.17) is 0 Å². The largest absolute Gasteiger partial charge is 0.385 e. The highest BCUT2D eigenvalue weighted by Crippen LogP contribution is 2.34. The highest BCUT2D eigenvalue weighted by Gasteiger charge is 2.16. The Morgan fingerprint density at radius 2 is 2.23 bits per heavy atom. The van der Waals surface area contributed by atoms with Crippen LogP contribution in [-0.4, -0.2) is 6.54 Å². The molecule has 0 aliphatic carbocycles. The summed E-state index contributed by atoms with van der Waals surface area (Å²) in [5.74, 6) is 0.688. The van der Waals surface area contributed by atoms with E-state index in [2.05, 4.69) is 47.2 Å². The molecule has 2 rings (SSSR count). The lowest BCUT2D eigenvalue weighted by atomic mass is 9.92. The molecule has 13 heavy (non-hydrogen) atoms. The zero-order valence-electron chi connectivity index (χ0n) is 8.02. The predicted octanol–water partition coefficient (Wildman–Crippen LogP) is 3.68. The van der Waals surface area contributed by atoms with Crippen LogP contribution in [0.25, 0.3) is 0 Å². The number of fused-ring (bicyclic) bond motifs is 1. The average Bonchev–Trinajstić information content (AvgIpc) is 2.09. The van der Waals surface area contributed by atoms with Crippen LogP contribution in [0.2, 0.25) is 0 Å². The minimum atomic E-state index is 0.688. The number of rotatable bonds is 0. The maximum absolute atomic E-state index is 3.57. The zero-order valence-corrected chi connectivity index (χ0v) is 9.61. The minimum Gasteiger partial charge on any atom is -0.385 e. The number of hydrogen-bond donors (Lipinski definition) is 1. The lowest BCUT2D eigenvalue weighted by Gasteiger charge is -2.24. The maximum atomic E-state index is 3.57. The second kappa shape index (κ2) is 3.33. The molecular formula is C11H14BrN. The zero-order chi connectivity index (χ0) is 9.42. The molecule has 0 unspecified atom stereocenters. The van der Waals surface area contributed by atoms with Gasteiger partial charge in [-0.1, -0.05) is 22.9 Å². The first-order chi connectivity index (χ1) is 6.18. The maximum Gasteiger partial charge on any atom is 0.0378 e. The first-order valence-corrected chi connectivity index (χ1v) is 5.51. The average molecular weight is 240 g/mol. The highest BCUT2D eigenvalue weighted by molar-refractivity contribution is 9.10. The molecule has 1 aliphatic heterocycles. The van der Waals surface area contributed by atoms with Gasteiger partial charge >= 0.3 is 0 Å². The van der Waals surface area contributed by atoms with E-state index in [1.165, 1.54) is 27.7 Å². The normalized spacial score (nSPS) is 20.7. The molecule has 1 aromatic carbocycles. The molecule has 70 valence electrons. The van der Waals surface area contributed by atoms with E-state index >= 15 is 0 Å². The summed E-state index contributed by atoms with van der Waals surface area (Å²) in [7, 11) is 0. The monoisotopic (exact) mass is 239 g/mol. The summed E-state index contributed by atoms with van der Waals surface area (Å²) >= 11 is 3.57. The van der Waals surface area contributed by atoms with Crippen molar-refractivity contribution in [1.29, 1.82) is 0 Å². The lowest BCUT2D eigenvalue weighted by molar-refractivity contribution is 0.683. The SMILES string of the molecule is Cc1cc2c(cc1Br)[C@H](C)CCN2. The lowest BCUT2D eigenvalue weighted by Crippen LogP contribution is -2.15. The molecule has 0 aromatic heterocycles. The summed E-state index contributed by atoms with van der Waals surface area (Å²) in [4.78, 5) is 0. The van der Waals surface area contributed by atoms with E-state index in [0.717, 1.165) is 6.54 Å². The Morgan fingerprint density at radius 3 is 3.00 bits per heavy atom. The van der Waals surface area contributed by atoms with Gasteiger partial charge in [0.2, 0.25) is 0 Å². The van der Waals surface area contributed by atoms with Crippen LogP contribution in [-0.2, 0) is 0 Å². The topological polar surface area (TPSA) is 12.0 Å². The molecule has 1 heterocycles. The van der Waals surface area contributed by atoms with Gasteiger partial charge in [0, 0.05) is 16.7 Å². The van der Waals surface area contributed by atoms with Crippen molar-refractivity contribution in [2.75, 3.05) is 11.9 Å². The fourth-order valence-corrected chi connectivity index (χ4v) is 2.20. The van der Waals surface area contributed by atoms with Gasteiger partial charge in [0.15, 0.2) is 0 Å². The predicted molar refractivity (Wildman–Crippen MR) is 60.4 cm³/mol. The van der Waals surface area contributed by atoms with Gasteiger partial charge in [-0.25, -0.2) is 0 Å². The molecular weight excluding hydrogens is 226 g/mol. The van der Waals surface area contributed by atoms with Crippen molar-refractivity contribution in [3.8, 4) is 0 Å². The van der Waals surface area contributed by atoms with Crippen LogP contribution < -0.4 is 5.32 Å². The van der Waals surface area contributed by atoms with Gasteiger partial charge in [-0.05, 0) is 42.5 Å². The fourth-order valence-electron chi connectivity index (χ4n) is 1.84. The van der Waals surface area contributed by atoms with Gasteiger partial charge in [-0.3, -0.25) is 0 Å². The summed E-state index contributed by atoms with van der Waals surface area (Å²) in [5.41, 5.74) is 4.07. The second-order valence-electron chi connectivity index (χ2n) is 3.81. The van der Waals surface area contributed by atoms with Gasteiger partial charge in [0.25, 0.3) is 0 Å². The van der Waals surface area contributed by atoms with E-state index in [-0.39, 0.29) is 0 Å². The van der Waals surface area contributed by atoms with Crippen molar-refractivity contribution in [1.82, 2.24) is 0 Å². The van der Waals surface area contributed by atoms with Crippen molar-refractivity contribution < 1.29 is 0 Å². The Labute approximate surface area is 87.7 Å². The molecule has 1 N–H and O–H groups in total. The third-order valence-corrected chi connectivity index (χ3v) is 3.61. The van der Waals surface area contributed by atoms with E-state index in [0.29, 0.717) is 5.92 Å². The van der Waals surface area contributed by atoms with E-state index in [1.54, 1.807) is 0 Å². The summed E-state index contributed by atoms with van der Waals surface area (Å²) in [5, 5.41) is 3.44. The highest BCUT2D eigenvalue weighted by atomic mass is 79.9. The quantitative estimate of drug-likeness (QED) is 0.729. The Bertz CT molecular complexity index is 333. The van der Waals surface area contributed by atoms with Crippen LogP contribution in [0.4, 0.5) is 5.69 Å². The van der Waals surface area contributed by atoms with Crippen molar-refractivity contribution in [2.45, 2.75) is 26.2 Å². The van der Waals surface area contributed by atoms with Crippen LogP contribution in [0.15, 0.2) is 16.6 Å². The molecule has 0 saturated carbocycles. The van der Waals surface area contributed by atoms with Gasteiger partial charge in [-0.2, -0.15) is 0 Å². The second-order valence-corrected chi connectivity index (χ2v) is 4.66. The molecule has 1 aromatic rings. The van der Waals surface area contributed by atoms with Crippen molar-refractivity contribution in [3.05, 3.63) is 27.7 Å². The molecule has 0 amide bonds. The van der Waals surface area contributed by atoms with Crippen LogP contribution in [0, 0.1) is 6.92 Å². The molecule has 0 radical (unpaired) electrons. The van der Waals surface area contributed by atoms with E-state index in [9.17, 15) is 0 Å². The van der Waals surface area contributed by atoms with E-state index < -0.39 is 0 Å². The Kier molecular flexibility index (Phi) is 2.33. The number of benzene rings is 1. The molecule has 0 spiro atoms. The number of anilines is 1. The van der Waals surface area contributed by atoms with Gasteiger partial charge in [0.05, 0.1) is 0 Å². The molecule has 1 aliphatic rings. The minimum absolute atomic E-state index is 0.688. The molecule has 0 fully saturated rings. The Morgan fingerprint density at radius 1 is 1.46 bits per heavy atom. The first kappa shape index (κ1) is 9.07. The van der Waals surface area contributed by atoms with Crippen molar-refractivity contribution >= 4 is 21.6 Å². The third-order valence-electron chi connectivity index (χ3n) is 2.75. The van der Waals surface area contributed by atoms with Crippen molar-refractivity contribution in [3.63, 3.8) is 0 Å². The summed E-state index contributed by atoms with van der Waals surface area (Å²) in [6.07, 6.45) is 1.24. The molecule has 1 atom stereocenters. The molecule has 1 nitrogen and oxygen atoms in total. The summed E-state index contributed by atoms with van der Waals surface area (Å²) < 4.78 is 1.22. The number of nitrogens with one attached hydrogen (secondary N) is 1. The van der Waals surface area contributed by atoms with Crippen LogP contribution in [0.3, 0.4) is 0 Å².